The molecule has 2 N–H and O–H groups in total. The minimum atomic E-state index is 0.386. The van der Waals surface area contributed by atoms with Gasteiger partial charge in [-0.15, -0.1) is 0 Å². The van der Waals surface area contributed by atoms with Gasteiger partial charge in [0, 0.05) is 41.2 Å². The van der Waals surface area contributed by atoms with Crippen LogP contribution in [0.4, 0.5) is 23.3 Å². The van der Waals surface area contributed by atoms with Crippen molar-refractivity contribution in [3.05, 3.63) is 54.6 Å². The van der Waals surface area contributed by atoms with E-state index in [1.807, 2.05) is 24.3 Å². The van der Waals surface area contributed by atoms with E-state index >= 15 is 0 Å². The van der Waals surface area contributed by atoms with Crippen LogP contribution in [0.2, 0.25) is 0 Å². The first-order valence-corrected chi connectivity index (χ1v) is 44.9. The Morgan fingerprint density at radius 2 is 0.433 bits per heavy atom. The second-order valence-corrected chi connectivity index (χ2v) is 30.6. The minimum absolute atomic E-state index is 0.386. The van der Waals surface area contributed by atoms with Crippen LogP contribution in [0.15, 0.2) is 48.5 Å². The van der Waals surface area contributed by atoms with Crippen LogP contribution in [-0.4, -0.2) is 54.6 Å². The highest BCUT2D eigenvalue weighted by Crippen LogP contribution is 2.44. The number of anilines is 4. The fourth-order valence-corrected chi connectivity index (χ4v) is 14.0. The number of aromatic nitrogens is 3. The van der Waals surface area contributed by atoms with Crippen molar-refractivity contribution < 1.29 is 28.4 Å². The van der Waals surface area contributed by atoms with Crippen LogP contribution < -0.4 is 39.1 Å². The van der Waals surface area contributed by atoms with Crippen molar-refractivity contribution in [2.24, 2.45) is 0 Å². The molecule has 1 radical (unpaired) electrons. The van der Waals surface area contributed by atoms with E-state index in [0.29, 0.717) is 91.9 Å². The van der Waals surface area contributed by atoms with Gasteiger partial charge in [-0.1, -0.05) is 413 Å². The second-order valence-electron chi connectivity index (χ2n) is 30.6. The fourth-order valence-electron chi connectivity index (χ4n) is 14.0. The molecule has 1 heterocycles. The van der Waals surface area contributed by atoms with Gasteiger partial charge in [-0.25, -0.2) is 0 Å². The first-order valence-electron chi connectivity index (χ1n) is 44.9. The molecule has 3 aromatic carbocycles. The fraction of sp³-hybridized carbons (Fsp3) is 0.774. The van der Waals surface area contributed by atoms with E-state index in [0.717, 1.165) is 94.0 Å². The first-order chi connectivity index (χ1) is 51.5. The van der Waals surface area contributed by atoms with Crippen LogP contribution in [0.3, 0.4) is 0 Å². The second kappa shape index (κ2) is 67.4. The van der Waals surface area contributed by atoms with Crippen molar-refractivity contribution in [1.82, 2.24) is 15.0 Å². The molecule has 0 saturated heterocycles. The molecule has 0 spiro atoms. The number of nitrogens with zero attached hydrogens (tertiary/aromatic N) is 3. The van der Waals surface area contributed by atoms with Crippen LogP contribution in [0.1, 0.15) is 427 Å². The van der Waals surface area contributed by atoms with E-state index in [9.17, 15) is 0 Å². The molecule has 4 aromatic rings. The summed E-state index contributed by atoms with van der Waals surface area (Å²) in [7, 11) is 0. The van der Waals surface area contributed by atoms with Gasteiger partial charge in [0.15, 0.2) is 28.8 Å². The normalized spacial score (nSPS) is 11.4. The molecule has 0 bridgehead atoms. The zero-order valence-corrected chi connectivity index (χ0v) is 68.6. The molecule has 0 aliphatic heterocycles. The molecule has 593 valence electrons. The van der Waals surface area contributed by atoms with E-state index in [1.165, 1.54) is 308 Å². The third-order valence-electron chi connectivity index (χ3n) is 20.7. The van der Waals surface area contributed by atoms with Crippen molar-refractivity contribution in [3.63, 3.8) is 0 Å². The zero-order valence-electron chi connectivity index (χ0n) is 68.6. The molecule has 0 fully saturated rings. The summed E-state index contributed by atoms with van der Waals surface area (Å²) < 4.78 is 41.2. The number of ether oxygens (including phenoxy) is 6. The minimum Gasteiger partial charge on any atom is -0.489 e. The average Bonchev–Trinajstić information content (AvgIpc) is 0.812. The number of benzene rings is 3. The van der Waals surface area contributed by atoms with Gasteiger partial charge >= 0.3 is 0 Å². The highest BCUT2D eigenvalue weighted by atomic mass is 16.5. The Balaban J connectivity index is 1.71. The molecule has 4 rings (SSSR count). The van der Waals surface area contributed by atoms with Crippen molar-refractivity contribution in [3.8, 4) is 45.9 Å². The van der Waals surface area contributed by atoms with E-state index in [1.54, 1.807) is 0 Å². The Morgan fingerprint density at radius 1 is 0.240 bits per heavy atom. The van der Waals surface area contributed by atoms with E-state index in [2.05, 4.69) is 82.5 Å². The monoisotopic (exact) mass is 1440 g/mol. The molecular weight excluding hydrogens is 1280 g/mol. The van der Waals surface area contributed by atoms with Gasteiger partial charge in [0.05, 0.1) is 39.6 Å². The maximum Gasteiger partial charge on any atom is 0.232 e. The molecule has 0 amide bonds. The molecule has 11 heteroatoms. The number of hydrogen-bond donors (Lipinski definition) is 2. The van der Waals surface area contributed by atoms with Crippen LogP contribution >= 0.6 is 0 Å². The Morgan fingerprint density at radius 3 is 0.644 bits per heavy atom. The SMILES string of the molecule is CCCCCCCCCCCCOc1cc(Nc2nc(Nc3cc(OCCCCCCCCCCCC)c(OCCCCCCCCCCCC)c(OCCCCCCCCCCCC)c3)nc(-c3cc[c]cc3)n2)cc(OCCCCCCCCCCCC)c1OCCCCCCCCCCCC. The standard InChI is InChI=1S/C93H160N5O6/c1-7-13-19-25-31-37-43-49-55-64-72-99-85-78-83(79-86(100-73-65-56-50-44-38-32-26-20-14-8-2)89(85)103-76-68-59-53-47-41-35-29-23-17-11-5)94-92-96-91(82-70-62-61-63-71-82)97-93(98-92)95-84-80-87(101-74-66-57-51-45-39-33-27-21-15-9-3)90(104-77-69-60-54-48-42-36-30-24-18-12-6)88(81-84)102-75-67-58-52-46-40-34-28-22-16-10-4/h62-63,70-71,78-81H,7-60,64-69,72-77H2,1-6H3,(H2,94,95,96,97,98). The lowest BCUT2D eigenvalue weighted by Gasteiger charge is -2.20. The lowest BCUT2D eigenvalue weighted by molar-refractivity contribution is 0.234. The van der Waals surface area contributed by atoms with Crippen molar-refractivity contribution in [1.29, 1.82) is 0 Å². The zero-order chi connectivity index (χ0) is 73.7. The average molecular weight is 1440 g/mol. The summed E-state index contributed by atoms with van der Waals surface area (Å²) in [5, 5.41) is 7.33. The van der Waals surface area contributed by atoms with Crippen LogP contribution in [-0.2, 0) is 0 Å². The van der Waals surface area contributed by atoms with Gasteiger partial charge in [0.25, 0.3) is 0 Å². The topological polar surface area (TPSA) is 118 Å². The third-order valence-corrected chi connectivity index (χ3v) is 20.7. The van der Waals surface area contributed by atoms with Gasteiger partial charge in [-0.3, -0.25) is 0 Å². The summed E-state index contributed by atoms with van der Waals surface area (Å²) in [5.74, 6) is 5.44. The Kier molecular flexibility index (Phi) is 59.3. The van der Waals surface area contributed by atoms with Crippen molar-refractivity contribution >= 4 is 23.3 Å². The number of nitrogens with one attached hydrogen (secondary N) is 2. The van der Waals surface area contributed by atoms with E-state index in [4.69, 9.17) is 43.4 Å². The van der Waals surface area contributed by atoms with Crippen LogP contribution in [0.5, 0.6) is 34.5 Å². The third kappa shape index (κ3) is 47.7. The number of hydrogen-bond acceptors (Lipinski definition) is 11. The molecule has 0 unspecified atom stereocenters. The maximum absolute atomic E-state index is 6.87. The lowest BCUT2D eigenvalue weighted by Crippen LogP contribution is -2.09. The molecule has 0 aliphatic rings. The lowest BCUT2D eigenvalue weighted by atomic mass is 10.1. The molecule has 11 nitrogen and oxygen atoms in total. The molecule has 0 saturated carbocycles. The summed E-state index contributed by atoms with van der Waals surface area (Å²) in [6.45, 7) is 17.4. The Bertz CT molecular complexity index is 2300. The summed E-state index contributed by atoms with van der Waals surface area (Å²) in [6, 6.07) is 19.3. The van der Waals surface area contributed by atoms with Gasteiger partial charge < -0.3 is 39.1 Å². The summed E-state index contributed by atoms with van der Waals surface area (Å²) in [6.07, 6.45) is 76.0. The predicted octanol–water partition coefficient (Wildman–Crippen LogP) is 30.6. The molecule has 104 heavy (non-hydrogen) atoms. The number of unbranched alkanes of at least 4 members (excludes halogenated alkanes) is 54. The Labute approximate surface area is 640 Å². The maximum atomic E-state index is 6.87. The summed E-state index contributed by atoms with van der Waals surface area (Å²) in [4.78, 5) is 15.5. The molecule has 0 aliphatic carbocycles. The Hall–Kier alpha value is -4.93. The smallest absolute Gasteiger partial charge is 0.232 e. The first kappa shape index (κ1) is 91.5. The summed E-state index contributed by atoms with van der Waals surface area (Å²) >= 11 is 0. The van der Waals surface area contributed by atoms with Gasteiger partial charge in [-0.2, -0.15) is 15.0 Å². The highest BCUT2D eigenvalue weighted by Gasteiger charge is 2.21. The molecular formula is C93H160N5O6. The van der Waals surface area contributed by atoms with Gasteiger partial charge in [-0.05, 0) is 44.6 Å². The van der Waals surface area contributed by atoms with Crippen LogP contribution in [0, 0.1) is 6.07 Å². The van der Waals surface area contributed by atoms with Gasteiger partial charge in [0.2, 0.25) is 23.4 Å². The number of rotatable bonds is 77. The highest BCUT2D eigenvalue weighted by molar-refractivity contribution is 5.70. The van der Waals surface area contributed by atoms with Gasteiger partial charge in [0.1, 0.15) is 0 Å². The molecule has 0 atom stereocenters. The van der Waals surface area contributed by atoms with Crippen molar-refractivity contribution in [2.75, 3.05) is 50.3 Å². The quantitative estimate of drug-likeness (QED) is 0.0412. The molecule has 1 aromatic heterocycles. The van der Waals surface area contributed by atoms with Crippen molar-refractivity contribution in [2.45, 2.75) is 427 Å². The largest absolute Gasteiger partial charge is 0.489 e. The summed E-state index contributed by atoms with van der Waals surface area (Å²) in [5.41, 5.74) is 2.36. The van der Waals surface area contributed by atoms with Crippen LogP contribution in [0.25, 0.3) is 11.4 Å². The predicted molar refractivity (Wildman–Crippen MR) is 448 cm³/mol. The van der Waals surface area contributed by atoms with E-state index < -0.39 is 0 Å². The van der Waals surface area contributed by atoms with E-state index in [-0.39, 0.29) is 0 Å².